The van der Waals surface area contributed by atoms with E-state index in [4.69, 9.17) is 18.0 Å². The zero-order chi connectivity index (χ0) is 15.6. The molecule has 0 atom stereocenters. The minimum Gasteiger partial charge on any atom is -0.389 e. The van der Waals surface area contributed by atoms with E-state index in [0.717, 1.165) is 0 Å². The summed E-state index contributed by atoms with van der Waals surface area (Å²) in [5, 5.41) is 0. The van der Waals surface area contributed by atoms with Crippen molar-refractivity contribution in [2.75, 3.05) is 4.72 Å². The summed E-state index contributed by atoms with van der Waals surface area (Å²) < 4.78 is 40.1. The standard InChI is InChI=1S/C14H13FN2O2S2/c1-9-7-11(5-6-13(9)15)17-21(18,19)12-4-2-3-10(8-12)14(16)20/h2-8,17H,1H3,(H2,16,20). The first kappa shape index (κ1) is 15.4. The van der Waals surface area contributed by atoms with Gasteiger partial charge >= 0.3 is 0 Å². The predicted octanol–water partition coefficient (Wildman–Crippen LogP) is 2.57. The molecule has 2 aromatic rings. The van der Waals surface area contributed by atoms with E-state index in [0.29, 0.717) is 11.1 Å². The third-order valence-electron chi connectivity index (χ3n) is 2.84. The molecule has 0 saturated carbocycles. The first-order valence-electron chi connectivity index (χ1n) is 5.98. The fourth-order valence-corrected chi connectivity index (χ4v) is 2.96. The van der Waals surface area contributed by atoms with Crippen LogP contribution in [0.15, 0.2) is 47.4 Å². The molecule has 2 aromatic carbocycles. The summed E-state index contributed by atoms with van der Waals surface area (Å²) in [6.07, 6.45) is 0. The molecule has 0 aliphatic carbocycles. The Labute approximate surface area is 127 Å². The maximum absolute atomic E-state index is 13.2. The highest BCUT2D eigenvalue weighted by Crippen LogP contribution is 2.19. The van der Waals surface area contributed by atoms with Crippen LogP contribution < -0.4 is 10.5 Å². The Bertz CT molecular complexity index is 804. The van der Waals surface area contributed by atoms with Gasteiger partial charge in [-0.3, -0.25) is 4.72 Å². The molecular formula is C14H13FN2O2S2. The molecule has 4 nitrogen and oxygen atoms in total. The number of hydrogen-bond donors (Lipinski definition) is 2. The lowest BCUT2D eigenvalue weighted by atomic mass is 10.2. The third kappa shape index (κ3) is 3.56. The molecule has 0 fully saturated rings. The number of aryl methyl sites for hydroxylation is 1. The van der Waals surface area contributed by atoms with E-state index in [2.05, 4.69) is 4.72 Å². The summed E-state index contributed by atoms with van der Waals surface area (Å²) >= 11 is 4.83. The minimum atomic E-state index is -3.79. The Morgan fingerprint density at radius 2 is 1.95 bits per heavy atom. The maximum atomic E-state index is 13.2. The molecule has 21 heavy (non-hydrogen) atoms. The third-order valence-corrected chi connectivity index (χ3v) is 4.45. The van der Waals surface area contributed by atoms with E-state index >= 15 is 0 Å². The Balaban J connectivity index is 2.36. The van der Waals surface area contributed by atoms with E-state index in [-0.39, 0.29) is 15.6 Å². The Kier molecular flexibility index (Phi) is 4.24. The summed E-state index contributed by atoms with van der Waals surface area (Å²) in [7, 11) is -3.79. The minimum absolute atomic E-state index is 0.0368. The largest absolute Gasteiger partial charge is 0.389 e. The van der Waals surface area contributed by atoms with Crippen LogP contribution in [0, 0.1) is 12.7 Å². The highest BCUT2D eigenvalue weighted by Gasteiger charge is 2.15. The van der Waals surface area contributed by atoms with Crippen molar-refractivity contribution in [2.24, 2.45) is 5.73 Å². The van der Waals surface area contributed by atoms with Gasteiger partial charge in [-0.05, 0) is 42.8 Å². The molecule has 0 radical (unpaired) electrons. The van der Waals surface area contributed by atoms with Crippen molar-refractivity contribution in [3.05, 3.63) is 59.4 Å². The fraction of sp³-hybridized carbons (Fsp3) is 0.0714. The lowest BCUT2D eigenvalue weighted by molar-refractivity contribution is 0.601. The normalized spacial score (nSPS) is 11.1. The summed E-state index contributed by atoms with van der Waals surface area (Å²) in [6.45, 7) is 1.56. The van der Waals surface area contributed by atoms with Crippen LogP contribution in [0.3, 0.4) is 0 Å². The Morgan fingerprint density at radius 1 is 1.24 bits per heavy atom. The number of halogens is 1. The summed E-state index contributed by atoms with van der Waals surface area (Å²) in [4.78, 5) is 0.152. The van der Waals surface area contributed by atoms with E-state index in [1.165, 1.54) is 30.3 Å². The molecule has 0 saturated heterocycles. The first-order chi connectivity index (χ1) is 9.79. The second kappa shape index (κ2) is 5.79. The molecule has 0 unspecified atom stereocenters. The lowest BCUT2D eigenvalue weighted by Crippen LogP contribution is -2.15. The van der Waals surface area contributed by atoms with Crippen LogP contribution >= 0.6 is 12.2 Å². The van der Waals surface area contributed by atoms with Crippen LogP contribution in [0.4, 0.5) is 10.1 Å². The number of benzene rings is 2. The van der Waals surface area contributed by atoms with Crippen molar-refractivity contribution in [2.45, 2.75) is 11.8 Å². The molecule has 0 spiro atoms. The number of sulfonamides is 1. The number of nitrogens with two attached hydrogens (primary N) is 1. The van der Waals surface area contributed by atoms with Crippen LogP contribution in [0.5, 0.6) is 0 Å². The van der Waals surface area contributed by atoms with E-state index in [1.54, 1.807) is 19.1 Å². The second-order valence-electron chi connectivity index (χ2n) is 4.46. The van der Waals surface area contributed by atoms with Gasteiger partial charge in [0, 0.05) is 11.3 Å². The predicted molar refractivity (Wildman–Crippen MR) is 84.3 cm³/mol. The number of anilines is 1. The SMILES string of the molecule is Cc1cc(NS(=O)(=O)c2cccc(C(N)=S)c2)ccc1F. The molecule has 3 N–H and O–H groups in total. The second-order valence-corrected chi connectivity index (χ2v) is 6.58. The quantitative estimate of drug-likeness (QED) is 0.848. The van der Waals surface area contributed by atoms with Gasteiger partial charge in [0.25, 0.3) is 10.0 Å². The number of rotatable bonds is 4. The van der Waals surface area contributed by atoms with E-state index in [1.807, 2.05) is 0 Å². The Morgan fingerprint density at radius 3 is 2.57 bits per heavy atom. The van der Waals surface area contributed by atoms with E-state index < -0.39 is 15.8 Å². The Hall–Kier alpha value is -1.99. The van der Waals surface area contributed by atoms with Gasteiger partial charge < -0.3 is 5.73 Å². The number of hydrogen-bond acceptors (Lipinski definition) is 3. The topological polar surface area (TPSA) is 72.2 Å². The van der Waals surface area contributed by atoms with Gasteiger partial charge in [0.1, 0.15) is 10.8 Å². The van der Waals surface area contributed by atoms with Crippen LogP contribution in [0.1, 0.15) is 11.1 Å². The average molecular weight is 324 g/mol. The molecule has 0 aliphatic rings. The maximum Gasteiger partial charge on any atom is 0.261 e. The molecule has 110 valence electrons. The van der Waals surface area contributed by atoms with Crippen molar-refractivity contribution in [1.29, 1.82) is 0 Å². The zero-order valence-electron chi connectivity index (χ0n) is 11.1. The molecule has 0 heterocycles. The van der Waals surface area contributed by atoms with Crippen LogP contribution in [0.2, 0.25) is 0 Å². The van der Waals surface area contributed by atoms with Crippen LogP contribution in [0.25, 0.3) is 0 Å². The summed E-state index contributed by atoms with van der Waals surface area (Å²) in [6, 6.07) is 9.99. The fourth-order valence-electron chi connectivity index (χ4n) is 1.74. The van der Waals surface area contributed by atoms with Crippen LogP contribution in [-0.4, -0.2) is 13.4 Å². The molecule has 0 aromatic heterocycles. The molecule has 0 bridgehead atoms. The summed E-state index contributed by atoms with van der Waals surface area (Å²) in [5.74, 6) is -0.395. The molecular weight excluding hydrogens is 311 g/mol. The summed E-state index contributed by atoms with van der Waals surface area (Å²) in [5.41, 5.74) is 6.59. The van der Waals surface area contributed by atoms with E-state index in [9.17, 15) is 12.8 Å². The van der Waals surface area contributed by atoms with Gasteiger partial charge in [0.05, 0.1) is 4.90 Å². The van der Waals surface area contributed by atoms with Crippen molar-refractivity contribution < 1.29 is 12.8 Å². The van der Waals surface area contributed by atoms with Crippen molar-refractivity contribution in [3.8, 4) is 0 Å². The smallest absolute Gasteiger partial charge is 0.261 e. The average Bonchev–Trinajstić information content (AvgIpc) is 2.43. The number of thiocarbonyl (C=S) groups is 1. The zero-order valence-corrected chi connectivity index (χ0v) is 12.8. The highest BCUT2D eigenvalue weighted by molar-refractivity contribution is 7.92. The van der Waals surface area contributed by atoms with Gasteiger partial charge in [-0.25, -0.2) is 12.8 Å². The van der Waals surface area contributed by atoms with Crippen LogP contribution in [-0.2, 0) is 10.0 Å². The van der Waals surface area contributed by atoms with Crippen molar-refractivity contribution in [3.63, 3.8) is 0 Å². The van der Waals surface area contributed by atoms with Gasteiger partial charge in [-0.2, -0.15) is 0 Å². The van der Waals surface area contributed by atoms with Crippen molar-refractivity contribution in [1.82, 2.24) is 0 Å². The molecule has 0 amide bonds. The first-order valence-corrected chi connectivity index (χ1v) is 7.87. The molecule has 0 aliphatic heterocycles. The molecule has 7 heteroatoms. The monoisotopic (exact) mass is 324 g/mol. The number of nitrogens with one attached hydrogen (secondary N) is 1. The molecule has 2 rings (SSSR count). The lowest BCUT2D eigenvalue weighted by Gasteiger charge is -2.10. The van der Waals surface area contributed by atoms with Gasteiger partial charge in [-0.15, -0.1) is 0 Å². The van der Waals surface area contributed by atoms with Gasteiger partial charge in [-0.1, -0.05) is 24.4 Å². The van der Waals surface area contributed by atoms with Gasteiger partial charge in [0.2, 0.25) is 0 Å². The van der Waals surface area contributed by atoms with Gasteiger partial charge in [0.15, 0.2) is 0 Å². The van der Waals surface area contributed by atoms with Crippen molar-refractivity contribution >= 4 is 32.9 Å². The highest BCUT2D eigenvalue weighted by atomic mass is 32.2.